The van der Waals surface area contributed by atoms with E-state index in [9.17, 15) is 9.59 Å². The molecule has 6 nitrogen and oxygen atoms in total. The van der Waals surface area contributed by atoms with E-state index in [1.165, 1.54) is 4.90 Å². The Bertz CT molecular complexity index is 611. The third-order valence-electron chi connectivity index (χ3n) is 3.56. The molecule has 2 rings (SSSR count). The summed E-state index contributed by atoms with van der Waals surface area (Å²) in [5, 5.41) is 4.09. The largest absolute Gasteiger partial charge is 0.482 e. The first-order valence-electron chi connectivity index (χ1n) is 7.81. The molecule has 1 aliphatic heterocycles. The molecule has 2 amide bonds. The zero-order valence-electron chi connectivity index (χ0n) is 13.8. The Morgan fingerprint density at radius 1 is 1.39 bits per heavy atom. The molecule has 23 heavy (non-hydrogen) atoms. The van der Waals surface area contributed by atoms with Crippen LogP contribution >= 0.6 is 0 Å². The maximum atomic E-state index is 12.1. The molecule has 0 bridgehead atoms. The van der Waals surface area contributed by atoms with E-state index in [1.807, 2.05) is 13.0 Å². The van der Waals surface area contributed by atoms with Crippen LogP contribution in [0, 0.1) is 5.92 Å². The number of anilines is 1. The molecule has 1 heterocycles. The molecule has 0 unspecified atom stereocenters. The number of nitrogens with one attached hydrogen (secondary N) is 1. The van der Waals surface area contributed by atoms with Crippen molar-refractivity contribution in [3.05, 3.63) is 24.3 Å². The smallest absolute Gasteiger partial charge is 0.265 e. The van der Waals surface area contributed by atoms with Crippen LogP contribution in [0.3, 0.4) is 0 Å². The van der Waals surface area contributed by atoms with Gasteiger partial charge in [-0.3, -0.25) is 14.5 Å². The number of amides is 2. The number of hydrazone groups is 1. The first kappa shape index (κ1) is 17.0. The molecule has 0 fully saturated rings. The maximum absolute atomic E-state index is 12.1. The van der Waals surface area contributed by atoms with E-state index < -0.39 is 0 Å². The van der Waals surface area contributed by atoms with E-state index in [2.05, 4.69) is 24.4 Å². The van der Waals surface area contributed by atoms with Gasteiger partial charge in [0.05, 0.1) is 5.69 Å². The zero-order valence-corrected chi connectivity index (χ0v) is 13.8. The van der Waals surface area contributed by atoms with E-state index in [0.717, 1.165) is 18.6 Å². The van der Waals surface area contributed by atoms with Crippen LogP contribution in [0.15, 0.2) is 29.4 Å². The third kappa shape index (κ3) is 4.81. The second-order valence-corrected chi connectivity index (χ2v) is 6.05. The third-order valence-corrected chi connectivity index (χ3v) is 3.56. The predicted molar refractivity (Wildman–Crippen MR) is 89.6 cm³/mol. The molecule has 1 aliphatic rings. The van der Waals surface area contributed by atoms with Gasteiger partial charge in [0.25, 0.3) is 11.8 Å². The first-order valence-corrected chi connectivity index (χ1v) is 7.81. The molecule has 6 heteroatoms. The monoisotopic (exact) mass is 317 g/mol. The maximum Gasteiger partial charge on any atom is 0.265 e. The fourth-order valence-electron chi connectivity index (χ4n) is 2.22. The highest BCUT2D eigenvalue weighted by atomic mass is 16.5. The van der Waals surface area contributed by atoms with Crippen molar-refractivity contribution in [3.63, 3.8) is 0 Å². The topological polar surface area (TPSA) is 71.0 Å². The van der Waals surface area contributed by atoms with Crippen molar-refractivity contribution in [2.24, 2.45) is 11.0 Å². The molecule has 0 saturated carbocycles. The van der Waals surface area contributed by atoms with Crippen molar-refractivity contribution in [1.82, 2.24) is 5.43 Å². The predicted octanol–water partition coefficient (Wildman–Crippen LogP) is 2.34. The van der Waals surface area contributed by atoms with Crippen LogP contribution in [0.25, 0.3) is 0 Å². The molecule has 1 aromatic carbocycles. The molecular weight excluding hydrogens is 294 g/mol. The van der Waals surface area contributed by atoms with Crippen LogP contribution in [0.1, 0.15) is 33.6 Å². The molecule has 0 aliphatic carbocycles. The van der Waals surface area contributed by atoms with Gasteiger partial charge in [-0.2, -0.15) is 5.10 Å². The van der Waals surface area contributed by atoms with Crippen LogP contribution in [-0.2, 0) is 9.59 Å². The average molecular weight is 317 g/mol. The number of hydrogen-bond acceptors (Lipinski definition) is 4. The van der Waals surface area contributed by atoms with Gasteiger partial charge in [-0.25, -0.2) is 5.43 Å². The van der Waals surface area contributed by atoms with Crippen molar-refractivity contribution in [2.45, 2.75) is 33.6 Å². The number of carbonyl (C=O) groups excluding carboxylic acids is 2. The number of fused-ring (bicyclic) bond motifs is 1. The van der Waals surface area contributed by atoms with E-state index in [4.69, 9.17) is 4.74 Å². The number of ether oxygens (including phenoxy) is 1. The van der Waals surface area contributed by atoms with Gasteiger partial charge in [0.15, 0.2) is 6.61 Å². The summed E-state index contributed by atoms with van der Waals surface area (Å²) in [5.41, 5.74) is 4.01. The van der Waals surface area contributed by atoms with Crippen molar-refractivity contribution >= 4 is 23.2 Å². The molecule has 1 N–H and O–H groups in total. The average Bonchev–Trinajstić information content (AvgIpc) is 2.53. The second kappa shape index (κ2) is 7.76. The normalized spacial score (nSPS) is 14.5. The summed E-state index contributed by atoms with van der Waals surface area (Å²) in [6.07, 6.45) is 1.87. The van der Waals surface area contributed by atoms with E-state index >= 15 is 0 Å². The number of benzene rings is 1. The highest BCUT2D eigenvalue weighted by molar-refractivity contribution is 6.02. The molecule has 0 atom stereocenters. The van der Waals surface area contributed by atoms with Crippen LogP contribution < -0.4 is 15.1 Å². The van der Waals surface area contributed by atoms with Gasteiger partial charge in [0.2, 0.25) is 0 Å². The minimum Gasteiger partial charge on any atom is -0.482 e. The van der Waals surface area contributed by atoms with Crippen molar-refractivity contribution in [2.75, 3.05) is 18.1 Å². The van der Waals surface area contributed by atoms with Gasteiger partial charge in [-0.1, -0.05) is 26.0 Å². The van der Waals surface area contributed by atoms with Gasteiger partial charge in [-0.15, -0.1) is 0 Å². The summed E-state index contributed by atoms with van der Waals surface area (Å²) < 4.78 is 5.35. The van der Waals surface area contributed by atoms with E-state index in [-0.39, 0.29) is 25.0 Å². The quantitative estimate of drug-likeness (QED) is 0.646. The lowest BCUT2D eigenvalue weighted by molar-refractivity contribution is -0.125. The van der Waals surface area contributed by atoms with Crippen LogP contribution in [-0.4, -0.2) is 30.7 Å². The molecule has 0 radical (unpaired) electrons. The second-order valence-electron chi connectivity index (χ2n) is 6.05. The zero-order chi connectivity index (χ0) is 16.8. The fourth-order valence-corrected chi connectivity index (χ4v) is 2.22. The number of rotatable bonds is 6. The molecule has 0 saturated heterocycles. The summed E-state index contributed by atoms with van der Waals surface area (Å²) in [7, 11) is 0. The number of para-hydroxylation sites is 2. The van der Waals surface area contributed by atoms with Crippen LogP contribution in [0.4, 0.5) is 5.69 Å². The van der Waals surface area contributed by atoms with Gasteiger partial charge in [-0.05, 0) is 37.8 Å². The highest BCUT2D eigenvalue weighted by Crippen LogP contribution is 2.31. The first-order chi connectivity index (χ1) is 11.0. The van der Waals surface area contributed by atoms with Crippen molar-refractivity contribution < 1.29 is 14.3 Å². The summed E-state index contributed by atoms with van der Waals surface area (Å²) >= 11 is 0. The lowest BCUT2D eigenvalue weighted by Gasteiger charge is -2.28. The van der Waals surface area contributed by atoms with Crippen molar-refractivity contribution in [1.29, 1.82) is 0 Å². The van der Waals surface area contributed by atoms with Gasteiger partial charge in [0.1, 0.15) is 12.3 Å². The summed E-state index contributed by atoms with van der Waals surface area (Å²) in [5.74, 6) is 0.646. The Balaban J connectivity index is 1.95. The summed E-state index contributed by atoms with van der Waals surface area (Å²) in [4.78, 5) is 25.5. The minimum absolute atomic E-state index is 0.0546. The molecule has 0 spiro atoms. The number of carbonyl (C=O) groups is 2. The minimum atomic E-state index is -0.320. The highest BCUT2D eigenvalue weighted by Gasteiger charge is 2.26. The molecule has 124 valence electrons. The van der Waals surface area contributed by atoms with Gasteiger partial charge >= 0.3 is 0 Å². The molecular formula is C17H23N3O3. The Labute approximate surface area is 136 Å². The number of nitrogens with zero attached hydrogens (tertiary/aromatic N) is 2. The van der Waals surface area contributed by atoms with Crippen molar-refractivity contribution in [3.8, 4) is 5.75 Å². The fraction of sp³-hybridized carbons (Fsp3) is 0.471. The number of hydrogen-bond donors (Lipinski definition) is 1. The SMILES string of the molecule is C/C(CCC(C)C)=N/NC(=O)CN1C(=O)COc2ccccc21. The van der Waals surface area contributed by atoms with Crippen LogP contribution in [0.2, 0.25) is 0 Å². The standard InChI is InChI=1S/C17H23N3O3/c1-12(2)8-9-13(3)18-19-16(21)10-20-14-6-4-5-7-15(14)23-11-17(20)22/h4-7,12H,8-11H2,1-3H3,(H,19,21)/b18-13-. The lowest BCUT2D eigenvalue weighted by atomic mass is 10.1. The molecule has 0 aromatic heterocycles. The Morgan fingerprint density at radius 3 is 2.87 bits per heavy atom. The summed E-state index contributed by atoms with van der Waals surface area (Å²) in [6.45, 7) is 6.06. The van der Waals surface area contributed by atoms with Gasteiger partial charge < -0.3 is 4.74 Å². The van der Waals surface area contributed by atoms with E-state index in [1.54, 1.807) is 18.2 Å². The Kier molecular flexibility index (Phi) is 5.73. The Hall–Kier alpha value is -2.37. The van der Waals surface area contributed by atoms with Crippen LogP contribution in [0.5, 0.6) is 5.75 Å². The summed E-state index contributed by atoms with van der Waals surface area (Å²) in [6, 6.07) is 7.17. The molecule has 1 aromatic rings. The lowest BCUT2D eigenvalue weighted by Crippen LogP contribution is -2.44. The van der Waals surface area contributed by atoms with Gasteiger partial charge in [0, 0.05) is 5.71 Å². The van der Waals surface area contributed by atoms with E-state index in [0.29, 0.717) is 17.4 Å². The Morgan fingerprint density at radius 2 is 2.13 bits per heavy atom.